The molecule has 4 N–H and O–H groups in total. The molecule has 8 nitrogen and oxygen atoms in total. The summed E-state index contributed by atoms with van der Waals surface area (Å²) < 4.78 is 59.4. The third kappa shape index (κ3) is 4.70. The molecule has 0 aliphatic rings. The van der Waals surface area contributed by atoms with Crippen LogP contribution in [0.5, 0.6) is 0 Å². The van der Waals surface area contributed by atoms with Crippen molar-refractivity contribution in [3.05, 3.63) is 83.3 Å². The van der Waals surface area contributed by atoms with Crippen LogP contribution in [-0.4, -0.2) is 20.2 Å². The number of sulfonamides is 1. The average Bonchev–Trinajstić information content (AvgIpc) is 3.22. The van der Waals surface area contributed by atoms with Crippen molar-refractivity contribution in [1.82, 2.24) is 4.72 Å². The second kappa shape index (κ2) is 8.43. The van der Waals surface area contributed by atoms with Crippen molar-refractivity contribution >= 4 is 27.5 Å². The molecule has 0 atom stereocenters. The van der Waals surface area contributed by atoms with Crippen molar-refractivity contribution in [3.8, 4) is 0 Å². The van der Waals surface area contributed by atoms with Crippen molar-refractivity contribution in [2.75, 3.05) is 5.32 Å². The molecule has 0 saturated carbocycles. The van der Waals surface area contributed by atoms with Crippen molar-refractivity contribution in [1.29, 1.82) is 0 Å². The third-order valence-electron chi connectivity index (χ3n) is 4.01. The Hall–Kier alpha value is -3.57. The highest BCUT2D eigenvalue weighted by molar-refractivity contribution is 7.89. The smallest absolute Gasteiger partial charge is 0.255 e. The first-order valence-electron chi connectivity index (χ1n) is 8.39. The first-order valence-corrected chi connectivity index (χ1v) is 9.88. The number of primary amides is 1. The molecule has 30 heavy (non-hydrogen) atoms. The predicted molar refractivity (Wildman–Crippen MR) is 102 cm³/mol. The molecule has 3 rings (SSSR count). The highest BCUT2D eigenvalue weighted by atomic mass is 32.2. The minimum Gasteiger partial charge on any atom is -0.468 e. The molecule has 2 amide bonds. The topological polar surface area (TPSA) is 132 Å². The van der Waals surface area contributed by atoms with Crippen LogP contribution in [0.3, 0.4) is 0 Å². The number of carbonyl (C=O) groups excluding carboxylic acids is 2. The Bertz CT molecular complexity index is 1190. The molecule has 0 aliphatic carbocycles. The summed E-state index contributed by atoms with van der Waals surface area (Å²) in [5.41, 5.74) is 3.97. The van der Waals surface area contributed by atoms with Crippen LogP contribution < -0.4 is 15.8 Å². The number of amides is 2. The lowest BCUT2D eigenvalue weighted by molar-refractivity contribution is 0.0992. The fourth-order valence-electron chi connectivity index (χ4n) is 2.48. The van der Waals surface area contributed by atoms with Gasteiger partial charge in [0.1, 0.15) is 17.4 Å². The third-order valence-corrected chi connectivity index (χ3v) is 5.43. The summed E-state index contributed by atoms with van der Waals surface area (Å²) in [7, 11) is -3.86. The average molecular weight is 435 g/mol. The Labute approximate surface area is 169 Å². The van der Waals surface area contributed by atoms with Gasteiger partial charge in [-0.05, 0) is 42.5 Å². The van der Waals surface area contributed by atoms with Gasteiger partial charge in [0.15, 0.2) is 0 Å². The molecule has 0 spiro atoms. The molecular formula is C19H15F2N3O5S. The summed E-state index contributed by atoms with van der Waals surface area (Å²) >= 11 is 0. The van der Waals surface area contributed by atoms with E-state index >= 15 is 0 Å². The summed E-state index contributed by atoms with van der Waals surface area (Å²) in [6, 6.07) is 9.24. The second-order valence-electron chi connectivity index (χ2n) is 6.06. The van der Waals surface area contributed by atoms with Gasteiger partial charge in [0.05, 0.1) is 29.0 Å². The highest BCUT2D eigenvalue weighted by Gasteiger charge is 2.18. The van der Waals surface area contributed by atoms with Gasteiger partial charge in [0, 0.05) is 11.6 Å². The maximum absolute atomic E-state index is 13.9. The maximum Gasteiger partial charge on any atom is 0.255 e. The fourth-order valence-corrected chi connectivity index (χ4v) is 3.47. The van der Waals surface area contributed by atoms with E-state index in [1.165, 1.54) is 30.5 Å². The van der Waals surface area contributed by atoms with E-state index in [9.17, 15) is 26.8 Å². The van der Waals surface area contributed by atoms with Crippen molar-refractivity contribution in [2.45, 2.75) is 11.4 Å². The lowest BCUT2D eigenvalue weighted by Gasteiger charge is -2.10. The zero-order valence-electron chi connectivity index (χ0n) is 15.2. The molecular weight excluding hydrogens is 420 g/mol. The number of nitrogens with two attached hydrogens (primary N) is 1. The first-order chi connectivity index (χ1) is 14.2. The Morgan fingerprint density at radius 2 is 1.73 bits per heavy atom. The van der Waals surface area contributed by atoms with E-state index in [0.29, 0.717) is 11.8 Å². The lowest BCUT2D eigenvalue weighted by Crippen LogP contribution is -2.23. The Morgan fingerprint density at radius 3 is 2.33 bits per heavy atom. The van der Waals surface area contributed by atoms with Gasteiger partial charge in [-0.3, -0.25) is 9.59 Å². The highest BCUT2D eigenvalue weighted by Crippen LogP contribution is 2.20. The van der Waals surface area contributed by atoms with Gasteiger partial charge in [-0.2, -0.15) is 0 Å². The first kappa shape index (κ1) is 21.1. The summed E-state index contributed by atoms with van der Waals surface area (Å²) in [4.78, 5) is 23.4. The van der Waals surface area contributed by atoms with E-state index in [1.807, 2.05) is 0 Å². The zero-order valence-corrected chi connectivity index (χ0v) is 16.0. The fraction of sp³-hybridized carbons (Fsp3) is 0.0526. The molecule has 0 saturated heterocycles. The molecule has 0 bridgehead atoms. The number of hydrogen-bond acceptors (Lipinski definition) is 5. The number of anilines is 1. The molecule has 0 unspecified atom stereocenters. The van der Waals surface area contributed by atoms with E-state index in [2.05, 4.69) is 10.0 Å². The van der Waals surface area contributed by atoms with Gasteiger partial charge in [-0.25, -0.2) is 21.9 Å². The summed E-state index contributed by atoms with van der Waals surface area (Å²) in [5.74, 6) is -3.77. The standard InChI is InChI=1S/C19H15F2N3O5S/c20-15-9-16(21)17(8-14(15)18(22)25)24-19(26)11-3-5-13(6-4-11)30(27,28)23-10-12-2-1-7-29-12/h1-9,23H,10H2,(H2,22,25)(H,24,26). The van der Waals surface area contributed by atoms with Crippen LogP contribution in [0.1, 0.15) is 26.5 Å². The predicted octanol–water partition coefficient (Wildman–Crippen LogP) is 2.39. The quantitative estimate of drug-likeness (QED) is 0.524. The monoisotopic (exact) mass is 435 g/mol. The SMILES string of the molecule is NC(=O)c1cc(NC(=O)c2ccc(S(=O)(=O)NCc3ccco3)cc2)c(F)cc1F. The summed E-state index contributed by atoms with van der Waals surface area (Å²) in [6.07, 6.45) is 1.41. The van der Waals surface area contributed by atoms with Gasteiger partial charge in [0.2, 0.25) is 10.0 Å². The molecule has 11 heteroatoms. The van der Waals surface area contributed by atoms with Crippen LogP contribution in [-0.2, 0) is 16.6 Å². The Morgan fingerprint density at radius 1 is 1.03 bits per heavy atom. The summed E-state index contributed by atoms with van der Waals surface area (Å²) in [6.45, 7) is -0.0520. The number of furan rings is 1. The van der Waals surface area contributed by atoms with Crippen LogP contribution in [0.2, 0.25) is 0 Å². The molecule has 0 radical (unpaired) electrons. The minimum atomic E-state index is -3.86. The van der Waals surface area contributed by atoms with Crippen molar-refractivity contribution in [2.24, 2.45) is 5.73 Å². The Balaban J connectivity index is 1.74. The maximum atomic E-state index is 13.9. The van der Waals surface area contributed by atoms with Crippen LogP contribution in [0.4, 0.5) is 14.5 Å². The number of carbonyl (C=O) groups is 2. The molecule has 2 aromatic carbocycles. The largest absolute Gasteiger partial charge is 0.468 e. The van der Waals surface area contributed by atoms with Gasteiger partial charge in [0.25, 0.3) is 11.8 Å². The van der Waals surface area contributed by atoms with E-state index < -0.39 is 44.7 Å². The van der Waals surface area contributed by atoms with Gasteiger partial charge >= 0.3 is 0 Å². The normalized spacial score (nSPS) is 11.3. The van der Waals surface area contributed by atoms with E-state index in [-0.39, 0.29) is 17.0 Å². The van der Waals surface area contributed by atoms with Crippen LogP contribution in [0.15, 0.2) is 64.1 Å². The van der Waals surface area contributed by atoms with Crippen LogP contribution in [0, 0.1) is 11.6 Å². The van der Waals surface area contributed by atoms with E-state index in [0.717, 1.165) is 6.07 Å². The van der Waals surface area contributed by atoms with Crippen molar-refractivity contribution < 1.29 is 31.2 Å². The van der Waals surface area contributed by atoms with Gasteiger partial charge in [-0.1, -0.05) is 0 Å². The number of halogens is 2. The number of benzene rings is 2. The molecule has 1 aromatic heterocycles. The molecule has 0 fully saturated rings. The van der Waals surface area contributed by atoms with Crippen LogP contribution in [0.25, 0.3) is 0 Å². The molecule has 156 valence electrons. The van der Waals surface area contributed by atoms with Crippen molar-refractivity contribution in [3.63, 3.8) is 0 Å². The van der Waals surface area contributed by atoms with Gasteiger partial charge < -0.3 is 15.5 Å². The second-order valence-corrected chi connectivity index (χ2v) is 7.83. The molecule has 0 aliphatic heterocycles. The number of nitrogens with one attached hydrogen (secondary N) is 2. The lowest BCUT2D eigenvalue weighted by atomic mass is 10.1. The zero-order chi connectivity index (χ0) is 21.9. The van der Waals surface area contributed by atoms with E-state index in [4.69, 9.17) is 10.2 Å². The molecule has 3 aromatic rings. The van der Waals surface area contributed by atoms with E-state index in [1.54, 1.807) is 12.1 Å². The number of rotatable bonds is 7. The van der Waals surface area contributed by atoms with Gasteiger partial charge in [-0.15, -0.1) is 0 Å². The summed E-state index contributed by atoms with van der Waals surface area (Å²) in [5, 5.41) is 2.19. The molecule has 1 heterocycles. The Kier molecular flexibility index (Phi) is 5.94. The number of hydrogen-bond donors (Lipinski definition) is 3. The van der Waals surface area contributed by atoms with Crippen LogP contribution >= 0.6 is 0 Å². The minimum absolute atomic E-state index is 0.00401.